The van der Waals surface area contributed by atoms with Gasteiger partial charge in [0.1, 0.15) is 6.10 Å². The molecular formula is C17H21N3O3. The topological polar surface area (TPSA) is 72.5 Å². The number of morpholine rings is 1. The number of hydrogen-bond donors (Lipinski definition) is 2. The van der Waals surface area contributed by atoms with Gasteiger partial charge in [0.2, 0.25) is 0 Å². The minimum absolute atomic E-state index is 0.120. The summed E-state index contributed by atoms with van der Waals surface area (Å²) in [5.74, 6) is -0.120. The lowest BCUT2D eigenvalue weighted by Crippen LogP contribution is -2.34. The predicted molar refractivity (Wildman–Crippen MR) is 87.5 cm³/mol. The SMILES string of the molecule is COCCNC(=O)c1cc([C@@H]2CNCCO2)nc2ccccc12. The van der Waals surface area contributed by atoms with Crippen molar-refractivity contribution in [2.45, 2.75) is 6.10 Å². The molecule has 6 heteroatoms. The molecule has 1 amide bonds. The van der Waals surface area contributed by atoms with E-state index in [9.17, 15) is 4.79 Å². The van der Waals surface area contributed by atoms with E-state index < -0.39 is 0 Å². The summed E-state index contributed by atoms with van der Waals surface area (Å²) in [6.45, 7) is 3.15. The van der Waals surface area contributed by atoms with Gasteiger partial charge in [0.25, 0.3) is 5.91 Å². The van der Waals surface area contributed by atoms with Crippen LogP contribution in [-0.2, 0) is 9.47 Å². The number of methoxy groups -OCH3 is 1. The monoisotopic (exact) mass is 315 g/mol. The van der Waals surface area contributed by atoms with Crippen molar-refractivity contribution in [3.8, 4) is 0 Å². The molecule has 0 aliphatic carbocycles. The van der Waals surface area contributed by atoms with Gasteiger partial charge < -0.3 is 20.1 Å². The van der Waals surface area contributed by atoms with Crippen molar-refractivity contribution >= 4 is 16.8 Å². The van der Waals surface area contributed by atoms with Gasteiger partial charge in [-0.3, -0.25) is 4.79 Å². The molecule has 122 valence electrons. The third-order valence-corrected chi connectivity index (χ3v) is 3.83. The highest BCUT2D eigenvalue weighted by molar-refractivity contribution is 6.06. The number of hydrogen-bond acceptors (Lipinski definition) is 5. The molecule has 1 aromatic heterocycles. The van der Waals surface area contributed by atoms with Crippen LogP contribution in [0.1, 0.15) is 22.2 Å². The number of pyridine rings is 1. The summed E-state index contributed by atoms with van der Waals surface area (Å²) < 4.78 is 10.7. The molecule has 1 saturated heterocycles. The largest absolute Gasteiger partial charge is 0.383 e. The molecule has 2 aromatic rings. The molecule has 1 atom stereocenters. The van der Waals surface area contributed by atoms with Gasteiger partial charge in [-0.1, -0.05) is 18.2 Å². The lowest BCUT2D eigenvalue weighted by atomic mass is 10.0. The van der Waals surface area contributed by atoms with Gasteiger partial charge in [-0.25, -0.2) is 4.98 Å². The van der Waals surface area contributed by atoms with E-state index in [0.29, 0.717) is 31.9 Å². The highest BCUT2D eigenvalue weighted by Crippen LogP contribution is 2.24. The lowest BCUT2D eigenvalue weighted by Gasteiger charge is -2.24. The Bertz CT molecular complexity index is 684. The van der Waals surface area contributed by atoms with Crippen LogP contribution in [0.25, 0.3) is 10.9 Å². The molecule has 1 fully saturated rings. The summed E-state index contributed by atoms with van der Waals surface area (Å²) in [4.78, 5) is 17.2. The Hall–Kier alpha value is -2.02. The number of carbonyl (C=O) groups is 1. The van der Waals surface area contributed by atoms with Crippen molar-refractivity contribution in [2.75, 3.05) is 40.0 Å². The molecule has 2 N–H and O–H groups in total. The Morgan fingerprint density at radius 3 is 3.13 bits per heavy atom. The van der Waals surface area contributed by atoms with Crippen molar-refractivity contribution in [3.05, 3.63) is 41.6 Å². The lowest BCUT2D eigenvalue weighted by molar-refractivity contribution is 0.0252. The maximum absolute atomic E-state index is 12.5. The van der Waals surface area contributed by atoms with Gasteiger partial charge in [0.15, 0.2) is 0 Å². The fourth-order valence-electron chi connectivity index (χ4n) is 2.67. The molecule has 1 aliphatic heterocycles. The number of ether oxygens (including phenoxy) is 2. The molecule has 23 heavy (non-hydrogen) atoms. The summed E-state index contributed by atoms with van der Waals surface area (Å²) in [5, 5.41) is 7.01. The Morgan fingerprint density at radius 1 is 1.48 bits per heavy atom. The van der Waals surface area contributed by atoms with Crippen molar-refractivity contribution in [1.29, 1.82) is 0 Å². The zero-order chi connectivity index (χ0) is 16.1. The molecule has 0 spiro atoms. The molecule has 0 bridgehead atoms. The number of carbonyl (C=O) groups excluding carboxylic acids is 1. The minimum Gasteiger partial charge on any atom is -0.383 e. The molecule has 1 aliphatic rings. The van der Waals surface area contributed by atoms with Crippen molar-refractivity contribution in [1.82, 2.24) is 15.6 Å². The van der Waals surface area contributed by atoms with Crippen LogP contribution in [0.3, 0.4) is 0 Å². The Labute approximate surface area is 135 Å². The highest BCUT2D eigenvalue weighted by atomic mass is 16.5. The van der Waals surface area contributed by atoms with Crippen LogP contribution in [0.4, 0.5) is 0 Å². The zero-order valence-corrected chi connectivity index (χ0v) is 13.2. The summed E-state index contributed by atoms with van der Waals surface area (Å²) in [5.41, 5.74) is 2.21. The molecule has 0 radical (unpaired) electrons. The van der Waals surface area contributed by atoms with E-state index in [1.807, 2.05) is 30.3 Å². The predicted octanol–water partition coefficient (Wildman–Crippen LogP) is 1.27. The Kier molecular flexibility index (Phi) is 5.17. The molecule has 6 nitrogen and oxygen atoms in total. The van der Waals surface area contributed by atoms with Crippen LogP contribution in [0.15, 0.2) is 30.3 Å². The van der Waals surface area contributed by atoms with Crippen LogP contribution < -0.4 is 10.6 Å². The van der Waals surface area contributed by atoms with Crippen LogP contribution >= 0.6 is 0 Å². The van der Waals surface area contributed by atoms with E-state index in [-0.39, 0.29) is 12.0 Å². The molecule has 2 heterocycles. The van der Waals surface area contributed by atoms with Gasteiger partial charge in [-0.05, 0) is 12.1 Å². The van der Waals surface area contributed by atoms with Crippen molar-refractivity contribution in [3.63, 3.8) is 0 Å². The Balaban J connectivity index is 1.95. The molecule has 0 saturated carbocycles. The van der Waals surface area contributed by atoms with Crippen LogP contribution in [0.5, 0.6) is 0 Å². The Morgan fingerprint density at radius 2 is 2.35 bits per heavy atom. The van der Waals surface area contributed by atoms with Gasteiger partial charge in [0.05, 0.1) is 30.0 Å². The number of fused-ring (bicyclic) bond motifs is 1. The van der Waals surface area contributed by atoms with Gasteiger partial charge in [0, 0.05) is 32.1 Å². The quantitative estimate of drug-likeness (QED) is 0.813. The first-order valence-corrected chi connectivity index (χ1v) is 7.78. The molecular weight excluding hydrogens is 294 g/mol. The van der Waals surface area contributed by atoms with E-state index in [0.717, 1.165) is 23.1 Å². The first-order chi connectivity index (χ1) is 11.3. The summed E-state index contributed by atoms with van der Waals surface area (Å²) >= 11 is 0. The number of benzene rings is 1. The van der Waals surface area contributed by atoms with E-state index in [4.69, 9.17) is 9.47 Å². The minimum atomic E-state index is -0.126. The number of amides is 1. The van der Waals surface area contributed by atoms with Crippen LogP contribution in [-0.4, -0.2) is 50.8 Å². The van der Waals surface area contributed by atoms with Gasteiger partial charge in [-0.2, -0.15) is 0 Å². The fraction of sp³-hybridized carbons (Fsp3) is 0.412. The summed E-state index contributed by atoms with van der Waals surface area (Å²) in [6, 6.07) is 9.50. The summed E-state index contributed by atoms with van der Waals surface area (Å²) in [7, 11) is 1.61. The first-order valence-electron chi connectivity index (χ1n) is 7.78. The standard InChI is InChI=1S/C17H21N3O3/c1-22-8-7-19-17(21)13-10-15(16-11-18-6-9-23-16)20-14-5-3-2-4-12(13)14/h2-5,10,16,18H,6-9,11H2,1H3,(H,19,21)/t16-/m0/s1. The number of para-hydroxylation sites is 1. The van der Waals surface area contributed by atoms with E-state index in [2.05, 4.69) is 15.6 Å². The van der Waals surface area contributed by atoms with E-state index in [1.54, 1.807) is 7.11 Å². The average Bonchev–Trinajstić information content (AvgIpc) is 2.61. The maximum atomic E-state index is 12.5. The van der Waals surface area contributed by atoms with Gasteiger partial charge in [-0.15, -0.1) is 0 Å². The third kappa shape index (κ3) is 3.67. The second kappa shape index (κ2) is 7.50. The zero-order valence-electron chi connectivity index (χ0n) is 13.2. The van der Waals surface area contributed by atoms with E-state index >= 15 is 0 Å². The molecule has 1 aromatic carbocycles. The van der Waals surface area contributed by atoms with E-state index in [1.165, 1.54) is 0 Å². The first kappa shape index (κ1) is 15.9. The molecule has 3 rings (SSSR count). The summed E-state index contributed by atoms with van der Waals surface area (Å²) in [6.07, 6.45) is -0.126. The third-order valence-electron chi connectivity index (χ3n) is 3.83. The highest BCUT2D eigenvalue weighted by Gasteiger charge is 2.20. The molecule has 0 unspecified atom stereocenters. The van der Waals surface area contributed by atoms with Crippen LogP contribution in [0, 0.1) is 0 Å². The van der Waals surface area contributed by atoms with Crippen LogP contribution in [0.2, 0.25) is 0 Å². The smallest absolute Gasteiger partial charge is 0.252 e. The number of nitrogens with zero attached hydrogens (tertiary/aromatic N) is 1. The van der Waals surface area contributed by atoms with Gasteiger partial charge >= 0.3 is 0 Å². The normalized spacial score (nSPS) is 18.0. The average molecular weight is 315 g/mol. The second-order valence-electron chi connectivity index (χ2n) is 5.42. The van der Waals surface area contributed by atoms with Crippen molar-refractivity contribution < 1.29 is 14.3 Å². The number of aromatic nitrogens is 1. The van der Waals surface area contributed by atoms with Crippen molar-refractivity contribution in [2.24, 2.45) is 0 Å². The maximum Gasteiger partial charge on any atom is 0.252 e. The number of rotatable bonds is 5. The second-order valence-corrected chi connectivity index (χ2v) is 5.42. The fourth-order valence-corrected chi connectivity index (χ4v) is 2.67. The number of nitrogens with one attached hydrogen (secondary N) is 2.